The van der Waals surface area contributed by atoms with Crippen LogP contribution in [0.15, 0.2) is 0 Å². The summed E-state index contributed by atoms with van der Waals surface area (Å²) >= 11 is 0. The predicted octanol–water partition coefficient (Wildman–Crippen LogP) is 7.18. The van der Waals surface area contributed by atoms with Crippen LogP contribution in [0.4, 0.5) is 0 Å². The molecule has 0 aromatic rings. The molecule has 0 saturated heterocycles. The summed E-state index contributed by atoms with van der Waals surface area (Å²) in [5.41, 5.74) is 0.874. The maximum absolute atomic E-state index is 2.47. The van der Waals surface area contributed by atoms with E-state index in [0.717, 1.165) is 23.7 Å². The lowest BCUT2D eigenvalue weighted by molar-refractivity contribution is 0.102. The monoisotopic (exact) mass is 282 g/mol. The maximum atomic E-state index is 2.47. The zero-order valence-electron chi connectivity index (χ0n) is 16.1. The van der Waals surface area contributed by atoms with Gasteiger partial charge in [-0.05, 0) is 47.3 Å². The van der Waals surface area contributed by atoms with E-state index >= 15 is 0 Å². The zero-order chi connectivity index (χ0) is 16.1. The van der Waals surface area contributed by atoms with Crippen molar-refractivity contribution in [3.05, 3.63) is 0 Å². The van der Waals surface area contributed by atoms with Gasteiger partial charge in [0.2, 0.25) is 0 Å². The molecule has 3 atom stereocenters. The Kier molecular flexibility index (Phi) is 7.85. The minimum atomic E-state index is 0.435. The van der Waals surface area contributed by atoms with Gasteiger partial charge < -0.3 is 0 Å². The van der Waals surface area contributed by atoms with Gasteiger partial charge in [-0.1, -0.05) is 82.1 Å². The van der Waals surface area contributed by atoms with Crippen LogP contribution in [0.3, 0.4) is 0 Å². The molecule has 0 aliphatic carbocycles. The summed E-state index contributed by atoms with van der Waals surface area (Å²) in [5, 5.41) is 0. The number of rotatable bonds is 7. The molecule has 0 bridgehead atoms. The highest BCUT2D eigenvalue weighted by molar-refractivity contribution is 4.83. The summed E-state index contributed by atoms with van der Waals surface area (Å²) in [4.78, 5) is 0. The van der Waals surface area contributed by atoms with Crippen LogP contribution >= 0.6 is 0 Å². The van der Waals surface area contributed by atoms with Crippen LogP contribution in [0.1, 0.15) is 94.9 Å². The molecule has 0 radical (unpaired) electrons. The van der Waals surface area contributed by atoms with E-state index in [4.69, 9.17) is 0 Å². The van der Waals surface area contributed by atoms with Gasteiger partial charge in [-0.25, -0.2) is 0 Å². The van der Waals surface area contributed by atoms with E-state index in [9.17, 15) is 0 Å². The molecule has 0 fully saturated rings. The van der Waals surface area contributed by atoms with Gasteiger partial charge in [0.05, 0.1) is 0 Å². The van der Waals surface area contributed by atoms with Gasteiger partial charge in [0.1, 0.15) is 0 Å². The van der Waals surface area contributed by atoms with E-state index in [0.29, 0.717) is 10.8 Å². The Hall–Kier alpha value is 0. The van der Waals surface area contributed by atoms with Crippen molar-refractivity contribution in [1.29, 1.82) is 0 Å². The highest BCUT2D eigenvalue weighted by atomic mass is 14.4. The summed E-state index contributed by atoms with van der Waals surface area (Å²) in [6.45, 7) is 24.2. The molecule has 0 saturated carbocycles. The van der Waals surface area contributed by atoms with Crippen LogP contribution in [0.5, 0.6) is 0 Å². The summed E-state index contributed by atoms with van der Waals surface area (Å²) < 4.78 is 0. The molecule has 0 aliphatic heterocycles. The molecule has 0 N–H and O–H groups in total. The Bertz CT molecular complexity index is 248. The van der Waals surface area contributed by atoms with Crippen LogP contribution in [0.2, 0.25) is 0 Å². The molecule has 0 spiro atoms. The standard InChI is InChI=1S/C20H42/c1-11-12-16(4)18(20(8,9)10)14-13-17(15(2)3)19(5,6)7/h15-18H,11-14H2,1-10H3. The average Bonchev–Trinajstić information content (AvgIpc) is 2.19. The van der Waals surface area contributed by atoms with E-state index in [1.807, 2.05) is 0 Å². The van der Waals surface area contributed by atoms with E-state index in [-0.39, 0.29) is 0 Å². The minimum absolute atomic E-state index is 0.435. The Morgan fingerprint density at radius 1 is 0.650 bits per heavy atom. The molecule has 122 valence electrons. The van der Waals surface area contributed by atoms with E-state index < -0.39 is 0 Å². The molecule has 0 heterocycles. The average molecular weight is 283 g/mol. The van der Waals surface area contributed by atoms with Crippen LogP contribution in [0.25, 0.3) is 0 Å². The van der Waals surface area contributed by atoms with Gasteiger partial charge in [0, 0.05) is 0 Å². The van der Waals surface area contributed by atoms with Crippen molar-refractivity contribution >= 4 is 0 Å². The van der Waals surface area contributed by atoms with Crippen LogP contribution in [0, 0.1) is 34.5 Å². The van der Waals surface area contributed by atoms with E-state index in [1.54, 1.807) is 0 Å². The van der Waals surface area contributed by atoms with Crippen molar-refractivity contribution < 1.29 is 0 Å². The van der Waals surface area contributed by atoms with Gasteiger partial charge in [-0.2, -0.15) is 0 Å². The lowest BCUT2D eigenvalue weighted by Gasteiger charge is -2.40. The van der Waals surface area contributed by atoms with Crippen molar-refractivity contribution in [3.63, 3.8) is 0 Å². The summed E-state index contributed by atoms with van der Waals surface area (Å²) in [5.74, 6) is 3.33. The normalized spacial score (nSPS) is 18.1. The fourth-order valence-corrected chi connectivity index (χ4v) is 4.35. The zero-order valence-corrected chi connectivity index (χ0v) is 16.1. The van der Waals surface area contributed by atoms with Crippen molar-refractivity contribution in [3.8, 4) is 0 Å². The number of hydrogen-bond donors (Lipinski definition) is 0. The third-order valence-electron chi connectivity index (χ3n) is 5.25. The molecule has 20 heavy (non-hydrogen) atoms. The van der Waals surface area contributed by atoms with E-state index in [2.05, 4.69) is 69.2 Å². The summed E-state index contributed by atoms with van der Waals surface area (Å²) in [6.07, 6.45) is 5.48. The molecule has 0 nitrogen and oxygen atoms in total. The third kappa shape index (κ3) is 6.64. The first-order valence-corrected chi connectivity index (χ1v) is 8.91. The van der Waals surface area contributed by atoms with Crippen molar-refractivity contribution in [2.24, 2.45) is 34.5 Å². The quantitative estimate of drug-likeness (QED) is 0.464. The topological polar surface area (TPSA) is 0 Å². The first-order valence-electron chi connectivity index (χ1n) is 8.91. The smallest absolute Gasteiger partial charge is 0.0339 e. The molecule has 0 amide bonds. The lowest BCUT2D eigenvalue weighted by Crippen LogP contribution is -2.31. The summed E-state index contributed by atoms with van der Waals surface area (Å²) in [7, 11) is 0. The second-order valence-electron chi connectivity index (χ2n) is 9.53. The van der Waals surface area contributed by atoms with Crippen LogP contribution in [-0.2, 0) is 0 Å². The van der Waals surface area contributed by atoms with Gasteiger partial charge in [-0.15, -0.1) is 0 Å². The second-order valence-corrected chi connectivity index (χ2v) is 9.53. The SMILES string of the molecule is CCCC(C)C(CCC(C(C)C)C(C)(C)C)C(C)(C)C. The Morgan fingerprint density at radius 3 is 1.35 bits per heavy atom. The molecule has 0 aliphatic rings. The Labute approximate surface area is 130 Å². The van der Waals surface area contributed by atoms with Crippen LogP contribution < -0.4 is 0 Å². The molecule has 0 aromatic carbocycles. The number of hydrogen-bond acceptors (Lipinski definition) is 0. The van der Waals surface area contributed by atoms with Gasteiger partial charge in [0.25, 0.3) is 0 Å². The molecular weight excluding hydrogens is 240 g/mol. The molecule has 0 heteroatoms. The van der Waals surface area contributed by atoms with Crippen LogP contribution in [-0.4, -0.2) is 0 Å². The second kappa shape index (κ2) is 7.85. The fraction of sp³-hybridized carbons (Fsp3) is 1.00. The first-order chi connectivity index (χ1) is 8.91. The third-order valence-corrected chi connectivity index (χ3v) is 5.25. The fourth-order valence-electron chi connectivity index (χ4n) is 4.35. The first kappa shape index (κ1) is 20.0. The highest BCUT2D eigenvalue weighted by Crippen LogP contribution is 2.42. The predicted molar refractivity (Wildman–Crippen MR) is 94.0 cm³/mol. The van der Waals surface area contributed by atoms with Gasteiger partial charge in [0.15, 0.2) is 0 Å². The van der Waals surface area contributed by atoms with Gasteiger partial charge >= 0.3 is 0 Å². The Morgan fingerprint density at radius 2 is 1.05 bits per heavy atom. The summed E-state index contributed by atoms with van der Waals surface area (Å²) in [6, 6.07) is 0. The molecule has 0 rings (SSSR count). The van der Waals surface area contributed by atoms with Gasteiger partial charge in [-0.3, -0.25) is 0 Å². The molecular formula is C20H42. The molecule has 0 aromatic heterocycles. The minimum Gasteiger partial charge on any atom is -0.0654 e. The van der Waals surface area contributed by atoms with Crippen molar-refractivity contribution in [2.45, 2.75) is 94.9 Å². The highest BCUT2D eigenvalue weighted by Gasteiger charge is 2.33. The Balaban J connectivity index is 4.83. The van der Waals surface area contributed by atoms with Crippen molar-refractivity contribution in [1.82, 2.24) is 0 Å². The molecule has 3 unspecified atom stereocenters. The largest absolute Gasteiger partial charge is 0.0654 e. The van der Waals surface area contributed by atoms with Crippen molar-refractivity contribution in [2.75, 3.05) is 0 Å². The van der Waals surface area contributed by atoms with E-state index in [1.165, 1.54) is 25.7 Å². The lowest BCUT2D eigenvalue weighted by atomic mass is 9.66. The maximum Gasteiger partial charge on any atom is -0.0339 e.